The van der Waals surface area contributed by atoms with Gasteiger partial charge in [0.25, 0.3) is 0 Å². The summed E-state index contributed by atoms with van der Waals surface area (Å²) in [7, 11) is 0. The molecule has 0 bridgehead atoms. The molecule has 1 saturated heterocycles. The second-order valence-corrected chi connectivity index (χ2v) is 12.8. The number of hydrogen-bond acceptors (Lipinski definition) is 6. The van der Waals surface area contributed by atoms with E-state index in [4.69, 9.17) is 19.3 Å². The molecular formula is C38H47N3O5. The smallest absolute Gasteiger partial charge is 0.410 e. The summed E-state index contributed by atoms with van der Waals surface area (Å²) in [6.45, 7) is 11.2. The Bertz CT molecular complexity index is 1650. The number of hydrogen-bond donors (Lipinski definition) is 1. The molecule has 244 valence electrons. The SMILES string of the molecule is CC/C(=C(/c1ccc(OCCN(CCO)C(=O)OC(C)(C)C)cc1)c1ccc2c(cnn2C2CCCCO2)c1)c1ccccc1C. The molecule has 5 rings (SSSR count). The van der Waals surface area contributed by atoms with Gasteiger partial charge in [-0.2, -0.15) is 5.10 Å². The number of aromatic nitrogens is 2. The van der Waals surface area contributed by atoms with E-state index in [1.807, 2.05) is 43.8 Å². The fraction of sp³-hybridized carbons (Fsp3) is 0.421. The number of carbonyl (C=O) groups excluding carboxylic acids is 1. The zero-order valence-electron chi connectivity index (χ0n) is 27.8. The first kappa shape index (κ1) is 33.2. The fourth-order valence-electron chi connectivity index (χ4n) is 6.02. The maximum absolute atomic E-state index is 12.6. The minimum atomic E-state index is -0.614. The molecule has 3 aromatic carbocycles. The number of allylic oxidation sites excluding steroid dienone is 1. The molecule has 0 spiro atoms. The first-order valence-corrected chi connectivity index (χ1v) is 16.4. The van der Waals surface area contributed by atoms with Crippen molar-refractivity contribution in [3.8, 4) is 5.75 Å². The van der Waals surface area contributed by atoms with Crippen LogP contribution in [0.3, 0.4) is 0 Å². The third-order valence-electron chi connectivity index (χ3n) is 8.23. The predicted octanol–water partition coefficient (Wildman–Crippen LogP) is 8.02. The quantitative estimate of drug-likeness (QED) is 0.170. The standard InChI is InChI=1S/C38H47N3O5/c1-6-32(33-12-8-7-11-27(33)2)36(29-16-19-34-30(25-29)26-39-41(34)35-13-9-10-23-45-35)28-14-17-31(18-15-28)44-24-21-40(20-22-42)37(43)46-38(3,4)5/h7-8,11-12,14-19,25-26,35,42H,6,9-10,13,20-24H2,1-5H3/b36-32+. The van der Waals surface area contributed by atoms with Gasteiger partial charge in [0, 0.05) is 18.5 Å². The number of carbonyl (C=O) groups is 1. The van der Waals surface area contributed by atoms with Crippen molar-refractivity contribution in [3.05, 3.63) is 95.2 Å². The van der Waals surface area contributed by atoms with Crippen LogP contribution in [0.1, 0.15) is 81.9 Å². The highest BCUT2D eigenvalue weighted by Gasteiger charge is 2.23. The molecule has 2 heterocycles. The molecular weight excluding hydrogens is 578 g/mol. The van der Waals surface area contributed by atoms with E-state index in [2.05, 4.69) is 68.4 Å². The number of ether oxygens (including phenoxy) is 3. The summed E-state index contributed by atoms with van der Waals surface area (Å²) in [6, 6.07) is 23.3. The van der Waals surface area contributed by atoms with Crippen LogP contribution in [0.4, 0.5) is 4.79 Å². The first-order valence-electron chi connectivity index (χ1n) is 16.4. The summed E-state index contributed by atoms with van der Waals surface area (Å²) in [6.07, 6.45) is 5.55. The molecule has 8 nitrogen and oxygen atoms in total. The van der Waals surface area contributed by atoms with Crippen LogP contribution in [-0.4, -0.2) is 64.4 Å². The van der Waals surface area contributed by atoms with Crippen LogP contribution in [0.25, 0.3) is 22.0 Å². The van der Waals surface area contributed by atoms with Gasteiger partial charge in [-0.05, 0) is 111 Å². The van der Waals surface area contributed by atoms with Gasteiger partial charge in [0.05, 0.1) is 24.9 Å². The lowest BCUT2D eigenvalue weighted by Gasteiger charge is -2.27. The van der Waals surface area contributed by atoms with Gasteiger partial charge >= 0.3 is 6.09 Å². The second kappa shape index (κ2) is 15.0. The van der Waals surface area contributed by atoms with E-state index in [1.54, 1.807) is 0 Å². The third kappa shape index (κ3) is 7.98. The van der Waals surface area contributed by atoms with Crippen molar-refractivity contribution in [2.75, 3.05) is 32.9 Å². The van der Waals surface area contributed by atoms with Gasteiger partial charge in [0.2, 0.25) is 0 Å². The maximum atomic E-state index is 12.6. The van der Waals surface area contributed by atoms with Gasteiger partial charge in [-0.25, -0.2) is 9.48 Å². The Morgan fingerprint density at radius 3 is 2.48 bits per heavy atom. The molecule has 1 unspecified atom stereocenters. The molecule has 1 amide bonds. The summed E-state index contributed by atoms with van der Waals surface area (Å²) in [4.78, 5) is 14.0. The van der Waals surface area contributed by atoms with Crippen LogP contribution >= 0.6 is 0 Å². The van der Waals surface area contributed by atoms with Crippen molar-refractivity contribution in [3.63, 3.8) is 0 Å². The molecule has 1 atom stereocenters. The molecule has 1 N–H and O–H groups in total. The summed E-state index contributed by atoms with van der Waals surface area (Å²) in [5, 5.41) is 15.3. The number of rotatable bonds is 11. The van der Waals surface area contributed by atoms with Gasteiger partial charge in [-0.3, -0.25) is 0 Å². The van der Waals surface area contributed by atoms with Gasteiger partial charge in [-0.15, -0.1) is 0 Å². The molecule has 0 aliphatic carbocycles. The summed E-state index contributed by atoms with van der Waals surface area (Å²) in [5.41, 5.74) is 7.59. The lowest BCUT2D eigenvalue weighted by molar-refractivity contribution is -0.0366. The number of benzene rings is 3. The van der Waals surface area contributed by atoms with E-state index in [1.165, 1.54) is 27.2 Å². The van der Waals surface area contributed by atoms with E-state index in [9.17, 15) is 9.90 Å². The van der Waals surface area contributed by atoms with Crippen molar-refractivity contribution in [1.82, 2.24) is 14.7 Å². The lowest BCUT2D eigenvalue weighted by atomic mass is 9.86. The predicted molar refractivity (Wildman–Crippen MR) is 183 cm³/mol. The Labute approximate surface area is 272 Å². The molecule has 0 radical (unpaired) electrons. The molecule has 0 saturated carbocycles. The minimum Gasteiger partial charge on any atom is -0.492 e. The average Bonchev–Trinajstić information content (AvgIpc) is 3.47. The minimum absolute atomic E-state index is 0.0160. The first-order chi connectivity index (χ1) is 22.2. The van der Waals surface area contributed by atoms with Crippen LogP contribution in [0, 0.1) is 6.92 Å². The average molecular weight is 626 g/mol. The molecule has 46 heavy (non-hydrogen) atoms. The molecule has 1 aliphatic rings. The highest BCUT2D eigenvalue weighted by Crippen LogP contribution is 2.38. The number of nitrogens with zero attached hydrogens (tertiary/aromatic N) is 3. The van der Waals surface area contributed by atoms with Crippen molar-refractivity contribution in [2.45, 2.75) is 72.1 Å². The number of amides is 1. The summed E-state index contributed by atoms with van der Waals surface area (Å²) in [5.74, 6) is 0.703. The number of aliphatic hydroxyl groups is 1. The van der Waals surface area contributed by atoms with Crippen molar-refractivity contribution in [1.29, 1.82) is 0 Å². The number of aliphatic hydroxyl groups excluding tert-OH is 1. The summed E-state index contributed by atoms with van der Waals surface area (Å²) >= 11 is 0. The maximum Gasteiger partial charge on any atom is 0.410 e. The van der Waals surface area contributed by atoms with E-state index < -0.39 is 11.7 Å². The second-order valence-electron chi connectivity index (χ2n) is 12.8. The van der Waals surface area contributed by atoms with Crippen LogP contribution in [0.15, 0.2) is 72.9 Å². The van der Waals surface area contributed by atoms with Gasteiger partial charge in [-0.1, -0.05) is 49.4 Å². The third-order valence-corrected chi connectivity index (χ3v) is 8.23. The molecule has 8 heteroatoms. The van der Waals surface area contributed by atoms with E-state index >= 15 is 0 Å². The summed E-state index contributed by atoms with van der Waals surface area (Å²) < 4.78 is 19.6. The van der Waals surface area contributed by atoms with Crippen molar-refractivity contribution in [2.24, 2.45) is 0 Å². The van der Waals surface area contributed by atoms with E-state index in [0.29, 0.717) is 12.3 Å². The molecule has 1 aromatic heterocycles. The van der Waals surface area contributed by atoms with E-state index in [-0.39, 0.29) is 26.0 Å². The Morgan fingerprint density at radius 1 is 1.04 bits per heavy atom. The Hall–Kier alpha value is -4.14. The van der Waals surface area contributed by atoms with Crippen LogP contribution in [-0.2, 0) is 9.47 Å². The normalized spacial score (nSPS) is 15.8. The zero-order valence-corrected chi connectivity index (χ0v) is 27.8. The number of fused-ring (bicyclic) bond motifs is 1. The van der Waals surface area contributed by atoms with Crippen LogP contribution in [0.5, 0.6) is 5.75 Å². The Morgan fingerprint density at radius 2 is 1.80 bits per heavy atom. The van der Waals surface area contributed by atoms with Crippen LogP contribution in [0.2, 0.25) is 0 Å². The van der Waals surface area contributed by atoms with Gasteiger partial charge < -0.3 is 24.2 Å². The highest BCUT2D eigenvalue weighted by atomic mass is 16.6. The molecule has 4 aromatic rings. The monoisotopic (exact) mass is 625 g/mol. The molecule has 1 fully saturated rings. The van der Waals surface area contributed by atoms with E-state index in [0.717, 1.165) is 54.3 Å². The topological polar surface area (TPSA) is 86.0 Å². The zero-order chi connectivity index (χ0) is 32.7. The van der Waals surface area contributed by atoms with Gasteiger partial charge in [0.1, 0.15) is 18.0 Å². The van der Waals surface area contributed by atoms with Crippen molar-refractivity contribution >= 4 is 28.1 Å². The fourth-order valence-corrected chi connectivity index (χ4v) is 6.02. The lowest BCUT2D eigenvalue weighted by Crippen LogP contribution is -2.40. The molecule has 1 aliphatic heterocycles. The highest BCUT2D eigenvalue weighted by molar-refractivity contribution is 6.01. The number of aryl methyl sites for hydroxylation is 1. The Kier molecular flexibility index (Phi) is 10.8. The van der Waals surface area contributed by atoms with Gasteiger partial charge in [0.15, 0.2) is 6.23 Å². The Balaban J connectivity index is 1.43. The van der Waals surface area contributed by atoms with Crippen LogP contribution < -0.4 is 4.74 Å². The van der Waals surface area contributed by atoms with Crippen molar-refractivity contribution < 1.29 is 24.1 Å². The largest absolute Gasteiger partial charge is 0.492 e.